The van der Waals surface area contributed by atoms with Gasteiger partial charge in [0.05, 0.1) is 0 Å². The van der Waals surface area contributed by atoms with Crippen LogP contribution in [-0.2, 0) is 0 Å². The van der Waals surface area contributed by atoms with E-state index in [2.05, 4.69) is 28.4 Å². The van der Waals surface area contributed by atoms with Crippen LogP contribution in [0.5, 0.6) is 0 Å². The van der Waals surface area contributed by atoms with Gasteiger partial charge in [0.2, 0.25) is 0 Å². The summed E-state index contributed by atoms with van der Waals surface area (Å²) < 4.78 is 0. The molecule has 0 bridgehead atoms. The maximum atomic E-state index is 6.29. The minimum absolute atomic E-state index is 0.682. The van der Waals surface area contributed by atoms with Gasteiger partial charge in [-0.2, -0.15) is 0 Å². The van der Waals surface area contributed by atoms with E-state index in [-0.39, 0.29) is 0 Å². The summed E-state index contributed by atoms with van der Waals surface area (Å²) in [5.41, 5.74) is 1.47. The van der Waals surface area contributed by atoms with Crippen molar-refractivity contribution in [1.82, 2.24) is 10.2 Å². The molecule has 1 aromatic rings. The monoisotopic (exact) mass is 334 g/mol. The van der Waals surface area contributed by atoms with Gasteiger partial charge in [0.25, 0.3) is 0 Å². The third kappa shape index (κ3) is 5.20. The van der Waals surface area contributed by atoms with Crippen LogP contribution in [0.1, 0.15) is 56.4 Å². The number of benzene rings is 1. The van der Waals surface area contributed by atoms with E-state index in [4.69, 9.17) is 11.6 Å². The molecule has 1 heterocycles. The number of piperazine rings is 1. The van der Waals surface area contributed by atoms with Crippen LogP contribution in [0.4, 0.5) is 0 Å². The van der Waals surface area contributed by atoms with Crippen molar-refractivity contribution in [2.24, 2.45) is 5.92 Å². The van der Waals surface area contributed by atoms with Crippen molar-refractivity contribution in [2.45, 2.75) is 50.9 Å². The van der Waals surface area contributed by atoms with Gasteiger partial charge in [-0.1, -0.05) is 49.4 Å². The van der Waals surface area contributed by atoms with Crippen LogP contribution < -0.4 is 5.32 Å². The molecule has 1 saturated carbocycles. The molecule has 2 fully saturated rings. The Morgan fingerprint density at radius 3 is 2.52 bits per heavy atom. The summed E-state index contributed by atoms with van der Waals surface area (Å²) in [6.45, 7) is 5.92. The molecule has 0 radical (unpaired) electrons. The van der Waals surface area contributed by atoms with E-state index in [0.717, 1.165) is 24.0 Å². The number of hydrogen-bond donors (Lipinski definition) is 1. The van der Waals surface area contributed by atoms with Crippen molar-refractivity contribution in [3.05, 3.63) is 34.9 Å². The van der Waals surface area contributed by atoms with Crippen molar-refractivity contribution in [3.63, 3.8) is 0 Å². The molecule has 3 rings (SSSR count). The third-order valence-electron chi connectivity index (χ3n) is 5.71. The zero-order valence-corrected chi connectivity index (χ0v) is 15.0. The molecule has 2 aliphatic rings. The minimum Gasteiger partial charge on any atom is -0.314 e. The second-order valence-corrected chi connectivity index (χ2v) is 7.73. The smallest absolute Gasteiger partial charge is 0.0408 e. The average Bonchev–Trinajstić information content (AvgIpc) is 2.86. The van der Waals surface area contributed by atoms with Crippen LogP contribution in [0.25, 0.3) is 0 Å². The lowest BCUT2D eigenvalue weighted by atomic mass is 9.79. The maximum absolute atomic E-state index is 6.29. The van der Waals surface area contributed by atoms with Crippen LogP contribution in [0.3, 0.4) is 0 Å². The number of nitrogens with one attached hydrogen (secondary N) is 1. The van der Waals surface area contributed by atoms with E-state index in [0.29, 0.717) is 5.92 Å². The molecule has 0 amide bonds. The highest BCUT2D eigenvalue weighted by Crippen LogP contribution is 2.38. The first-order valence-electron chi connectivity index (χ1n) is 9.51. The molecule has 128 valence electrons. The first-order chi connectivity index (χ1) is 11.3. The lowest BCUT2D eigenvalue weighted by Gasteiger charge is -2.32. The summed E-state index contributed by atoms with van der Waals surface area (Å²) in [7, 11) is 0. The molecule has 3 heteroatoms. The van der Waals surface area contributed by atoms with Gasteiger partial charge < -0.3 is 10.2 Å². The van der Waals surface area contributed by atoms with Crippen LogP contribution in [0, 0.1) is 5.92 Å². The molecular weight excluding hydrogens is 304 g/mol. The molecule has 2 nitrogen and oxygen atoms in total. The first-order valence-corrected chi connectivity index (χ1v) is 9.89. The molecule has 1 aromatic carbocycles. The lowest BCUT2D eigenvalue weighted by Crippen LogP contribution is -2.44. The Morgan fingerprint density at radius 2 is 1.83 bits per heavy atom. The third-order valence-corrected chi connectivity index (χ3v) is 5.95. The Labute approximate surface area is 146 Å². The molecular formula is C20H31ClN2. The lowest BCUT2D eigenvalue weighted by molar-refractivity contribution is 0.219. The second-order valence-electron chi connectivity index (χ2n) is 7.29. The number of rotatable bonds is 5. The zero-order chi connectivity index (χ0) is 15.9. The maximum Gasteiger partial charge on any atom is 0.0408 e. The molecule has 1 unspecified atom stereocenters. The van der Waals surface area contributed by atoms with E-state index < -0.39 is 0 Å². The van der Waals surface area contributed by atoms with Gasteiger partial charge in [0, 0.05) is 31.2 Å². The molecule has 1 aliphatic carbocycles. The van der Waals surface area contributed by atoms with Crippen LogP contribution in [0.15, 0.2) is 24.3 Å². The summed E-state index contributed by atoms with van der Waals surface area (Å²) >= 11 is 6.29. The summed E-state index contributed by atoms with van der Waals surface area (Å²) in [6, 6.07) is 8.66. The van der Waals surface area contributed by atoms with Crippen molar-refractivity contribution in [1.29, 1.82) is 0 Å². The van der Waals surface area contributed by atoms with E-state index >= 15 is 0 Å². The number of halogens is 1. The minimum atomic E-state index is 0.682. The molecule has 0 spiro atoms. The Kier molecular flexibility index (Phi) is 6.79. The van der Waals surface area contributed by atoms with Gasteiger partial charge in [0.1, 0.15) is 0 Å². The van der Waals surface area contributed by atoms with E-state index in [1.165, 1.54) is 70.1 Å². The van der Waals surface area contributed by atoms with Gasteiger partial charge in [0.15, 0.2) is 0 Å². The van der Waals surface area contributed by atoms with Gasteiger partial charge in [-0.05, 0) is 55.3 Å². The molecule has 1 atom stereocenters. The molecule has 1 aliphatic heterocycles. The predicted molar refractivity (Wildman–Crippen MR) is 99.3 cm³/mol. The fraction of sp³-hybridized carbons (Fsp3) is 0.700. The van der Waals surface area contributed by atoms with E-state index in [1.54, 1.807) is 0 Å². The van der Waals surface area contributed by atoms with Gasteiger partial charge in [-0.3, -0.25) is 0 Å². The summed E-state index contributed by atoms with van der Waals surface area (Å²) in [4.78, 5) is 2.63. The Bertz CT molecular complexity index is 462. The highest BCUT2D eigenvalue weighted by molar-refractivity contribution is 6.30. The van der Waals surface area contributed by atoms with Gasteiger partial charge >= 0.3 is 0 Å². The van der Waals surface area contributed by atoms with Gasteiger partial charge in [-0.25, -0.2) is 0 Å². The largest absolute Gasteiger partial charge is 0.314 e. The van der Waals surface area contributed by atoms with Crippen LogP contribution >= 0.6 is 11.6 Å². The topological polar surface area (TPSA) is 15.3 Å². The van der Waals surface area contributed by atoms with E-state index in [1.807, 2.05) is 6.07 Å². The van der Waals surface area contributed by atoms with Crippen LogP contribution in [-0.4, -0.2) is 37.6 Å². The summed E-state index contributed by atoms with van der Waals surface area (Å²) in [5.74, 6) is 1.53. The normalized spacial score (nSPS) is 22.7. The summed E-state index contributed by atoms with van der Waals surface area (Å²) in [6.07, 6.45) is 9.76. The van der Waals surface area contributed by atoms with E-state index in [9.17, 15) is 0 Å². The number of nitrogens with zero attached hydrogens (tertiary/aromatic N) is 1. The Morgan fingerprint density at radius 1 is 1.09 bits per heavy atom. The standard InChI is InChI=1S/C20H31ClN2/c21-19-9-5-8-18(16-19)20(17-6-3-1-2-4-7-17)10-13-23-14-11-22-12-15-23/h5,8-9,16-17,20,22H,1-4,6-7,10-15H2. The second kappa shape index (κ2) is 9.05. The van der Waals surface area contributed by atoms with Gasteiger partial charge in [-0.15, -0.1) is 0 Å². The average molecular weight is 335 g/mol. The fourth-order valence-electron chi connectivity index (χ4n) is 4.38. The van der Waals surface area contributed by atoms with Crippen molar-refractivity contribution >= 4 is 11.6 Å². The van der Waals surface area contributed by atoms with Crippen molar-refractivity contribution in [3.8, 4) is 0 Å². The first kappa shape index (κ1) is 17.3. The van der Waals surface area contributed by atoms with Crippen molar-refractivity contribution in [2.75, 3.05) is 32.7 Å². The fourth-order valence-corrected chi connectivity index (χ4v) is 4.58. The highest BCUT2D eigenvalue weighted by Gasteiger charge is 2.25. The molecule has 0 aromatic heterocycles. The Hall–Kier alpha value is -0.570. The SMILES string of the molecule is Clc1cccc(C(CCN2CCNCC2)C2CCCCCC2)c1. The summed E-state index contributed by atoms with van der Waals surface area (Å²) in [5, 5.41) is 4.35. The highest BCUT2D eigenvalue weighted by atomic mass is 35.5. The zero-order valence-electron chi connectivity index (χ0n) is 14.3. The molecule has 1 saturated heterocycles. The van der Waals surface area contributed by atoms with Crippen LogP contribution in [0.2, 0.25) is 5.02 Å². The predicted octanol–water partition coefficient (Wildman–Crippen LogP) is 4.69. The number of hydrogen-bond acceptors (Lipinski definition) is 2. The quantitative estimate of drug-likeness (QED) is 0.786. The van der Waals surface area contributed by atoms with Crippen molar-refractivity contribution < 1.29 is 0 Å². The molecule has 1 N–H and O–H groups in total. The molecule has 23 heavy (non-hydrogen) atoms. The Balaban J connectivity index is 1.69.